The van der Waals surface area contributed by atoms with Gasteiger partial charge in [0, 0.05) is 25.9 Å². The van der Waals surface area contributed by atoms with Gasteiger partial charge in [0.1, 0.15) is 11.9 Å². The van der Waals surface area contributed by atoms with Gasteiger partial charge >= 0.3 is 0 Å². The maximum absolute atomic E-state index is 9.49. The summed E-state index contributed by atoms with van der Waals surface area (Å²) >= 11 is 0. The van der Waals surface area contributed by atoms with E-state index in [0.29, 0.717) is 19.3 Å². The van der Waals surface area contributed by atoms with E-state index in [1.165, 1.54) is 24.1 Å². The lowest BCUT2D eigenvalue weighted by Crippen LogP contribution is -2.38. The van der Waals surface area contributed by atoms with E-state index < -0.39 is 0 Å². The zero-order chi connectivity index (χ0) is 16.1. The average molecular weight is 315 g/mol. The lowest BCUT2D eigenvalue weighted by atomic mass is 9.94. The quantitative estimate of drug-likeness (QED) is 0.781. The van der Waals surface area contributed by atoms with Crippen LogP contribution in [0.3, 0.4) is 0 Å². The van der Waals surface area contributed by atoms with Gasteiger partial charge in [0.15, 0.2) is 0 Å². The van der Waals surface area contributed by atoms with Gasteiger partial charge in [-0.2, -0.15) is 5.26 Å². The molecular weight excluding hydrogens is 290 g/mol. The molecule has 0 spiro atoms. The molecular formula is C18H25N3O2. The van der Waals surface area contributed by atoms with Crippen molar-refractivity contribution in [2.75, 3.05) is 38.3 Å². The molecule has 0 saturated carbocycles. The number of piperidine rings is 1. The molecule has 0 amide bonds. The minimum absolute atomic E-state index is 0.296. The van der Waals surface area contributed by atoms with Crippen LogP contribution < -0.4 is 4.90 Å². The monoisotopic (exact) mass is 315 g/mol. The molecule has 3 rings (SSSR count). The molecule has 0 unspecified atom stereocenters. The minimum atomic E-state index is 0.296. The zero-order valence-electron chi connectivity index (χ0n) is 13.9. The number of ether oxygens (including phenoxy) is 2. The summed E-state index contributed by atoms with van der Waals surface area (Å²) in [6.07, 6.45) is 6.78. The number of nitriles is 1. The fourth-order valence-electron chi connectivity index (χ4n) is 3.48. The number of hydrogen-bond donors (Lipinski definition) is 0. The van der Waals surface area contributed by atoms with Gasteiger partial charge in [0.25, 0.3) is 0 Å². The number of rotatable bonds is 5. The van der Waals surface area contributed by atoms with Crippen LogP contribution in [0.5, 0.6) is 0 Å². The summed E-state index contributed by atoms with van der Waals surface area (Å²) in [5.74, 6) is 0.878. The van der Waals surface area contributed by atoms with Crippen molar-refractivity contribution in [2.24, 2.45) is 0 Å². The van der Waals surface area contributed by atoms with Crippen molar-refractivity contribution in [3.05, 3.63) is 22.9 Å². The lowest BCUT2D eigenvalue weighted by Gasteiger charge is -2.33. The predicted molar refractivity (Wildman–Crippen MR) is 88.7 cm³/mol. The fourth-order valence-corrected chi connectivity index (χ4v) is 3.48. The third-order valence-electron chi connectivity index (χ3n) is 4.78. The molecule has 124 valence electrons. The third-order valence-corrected chi connectivity index (χ3v) is 4.78. The van der Waals surface area contributed by atoms with Crippen LogP contribution >= 0.6 is 0 Å². The Bertz CT molecular complexity index is 574. The molecule has 0 aromatic carbocycles. The normalized spacial score (nSPS) is 18.5. The molecule has 1 aliphatic carbocycles. The molecule has 5 heteroatoms. The van der Waals surface area contributed by atoms with Gasteiger partial charge in [0.2, 0.25) is 0 Å². The standard InChI is InChI=1S/C18H25N3O2/c1-22-10-11-23-16-6-8-21(9-7-16)18-15(13-19)12-14-4-2-3-5-17(14)20-18/h12,16H,2-11H2,1H3. The number of methoxy groups -OCH3 is 1. The fraction of sp³-hybridized carbons (Fsp3) is 0.667. The second-order valence-electron chi connectivity index (χ2n) is 6.33. The Morgan fingerprint density at radius 2 is 2.04 bits per heavy atom. The number of hydrogen-bond acceptors (Lipinski definition) is 5. The summed E-state index contributed by atoms with van der Waals surface area (Å²) in [4.78, 5) is 7.10. The van der Waals surface area contributed by atoms with Crippen molar-refractivity contribution in [3.8, 4) is 6.07 Å². The second kappa shape index (κ2) is 7.76. The van der Waals surface area contributed by atoms with Crippen molar-refractivity contribution in [3.63, 3.8) is 0 Å². The lowest BCUT2D eigenvalue weighted by molar-refractivity contribution is 0.00604. The summed E-state index contributed by atoms with van der Waals surface area (Å²) in [6, 6.07) is 4.41. The van der Waals surface area contributed by atoms with Gasteiger partial charge in [-0.05, 0) is 50.2 Å². The first-order valence-electron chi connectivity index (χ1n) is 8.60. The van der Waals surface area contributed by atoms with Crippen LogP contribution in [0.15, 0.2) is 6.07 Å². The highest BCUT2D eigenvalue weighted by molar-refractivity contribution is 5.56. The van der Waals surface area contributed by atoms with Crippen LogP contribution in [0.25, 0.3) is 0 Å². The van der Waals surface area contributed by atoms with E-state index in [-0.39, 0.29) is 0 Å². The molecule has 1 aromatic heterocycles. The molecule has 0 atom stereocenters. The molecule has 2 aliphatic rings. The number of fused-ring (bicyclic) bond motifs is 1. The summed E-state index contributed by atoms with van der Waals surface area (Å²) in [5, 5.41) is 9.49. The molecule has 2 heterocycles. The second-order valence-corrected chi connectivity index (χ2v) is 6.33. The molecule has 1 aliphatic heterocycles. The van der Waals surface area contributed by atoms with Crippen molar-refractivity contribution in [1.29, 1.82) is 5.26 Å². The molecule has 0 bridgehead atoms. The van der Waals surface area contributed by atoms with Crippen LogP contribution in [0.4, 0.5) is 5.82 Å². The van der Waals surface area contributed by atoms with Gasteiger partial charge in [-0.1, -0.05) is 0 Å². The zero-order valence-corrected chi connectivity index (χ0v) is 13.9. The highest BCUT2D eigenvalue weighted by Crippen LogP contribution is 2.28. The summed E-state index contributed by atoms with van der Waals surface area (Å²) in [7, 11) is 1.69. The maximum Gasteiger partial charge on any atom is 0.146 e. The number of aromatic nitrogens is 1. The van der Waals surface area contributed by atoms with Gasteiger partial charge in [-0.3, -0.25) is 0 Å². The average Bonchev–Trinajstić information content (AvgIpc) is 2.61. The minimum Gasteiger partial charge on any atom is -0.382 e. The molecule has 23 heavy (non-hydrogen) atoms. The number of nitrogens with zero attached hydrogens (tertiary/aromatic N) is 3. The Labute approximate surface area is 138 Å². The van der Waals surface area contributed by atoms with Gasteiger partial charge < -0.3 is 14.4 Å². The molecule has 0 N–H and O–H groups in total. The largest absolute Gasteiger partial charge is 0.382 e. The Hall–Kier alpha value is -1.64. The first-order chi connectivity index (χ1) is 11.3. The first kappa shape index (κ1) is 16.2. The number of aryl methyl sites for hydroxylation is 2. The molecule has 1 fully saturated rings. The molecule has 0 radical (unpaired) electrons. The van der Waals surface area contributed by atoms with Crippen molar-refractivity contribution < 1.29 is 9.47 Å². The summed E-state index contributed by atoms with van der Waals surface area (Å²) in [5.41, 5.74) is 3.20. The molecule has 1 saturated heterocycles. The highest BCUT2D eigenvalue weighted by atomic mass is 16.5. The third kappa shape index (κ3) is 3.82. The van der Waals surface area contributed by atoms with E-state index in [0.717, 1.165) is 50.2 Å². The van der Waals surface area contributed by atoms with E-state index in [2.05, 4.69) is 17.0 Å². The van der Waals surface area contributed by atoms with E-state index >= 15 is 0 Å². The number of anilines is 1. The Balaban J connectivity index is 1.67. The Morgan fingerprint density at radius 3 is 2.78 bits per heavy atom. The van der Waals surface area contributed by atoms with Gasteiger partial charge in [-0.25, -0.2) is 4.98 Å². The van der Waals surface area contributed by atoms with Gasteiger partial charge in [0.05, 0.1) is 24.9 Å². The Kier molecular flexibility index (Phi) is 5.47. The van der Waals surface area contributed by atoms with Crippen LogP contribution in [0, 0.1) is 11.3 Å². The van der Waals surface area contributed by atoms with E-state index in [1.54, 1.807) is 7.11 Å². The predicted octanol–water partition coefficient (Wildman–Crippen LogP) is 2.46. The van der Waals surface area contributed by atoms with Crippen molar-refractivity contribution in [1.82, 2.24) is 4.98 Å². The van der Waals surface area contributed by atoms with Crippen LogP contribution in [0.2, 0.25) is 0 Å². The van der Waals surface area contributed by atoms with Crippen LogP contribution in [-0.4, -0.2) is 44.5 Å². The number of pyridine rings is 1. The molecule has 5 nitrogen and oxygen atoms in total. The van der Waals surface area contributed by atoms with Crippen LogP contribution in [-0.2, 0) is 22.3 Å². The first-order valence-corrected chi connectivity index (χ1v) is 8.60. The van der Waals surface area contributed by atoms with Crippen LogP contribution in [0.1, 0.15) is 42.5 Å². The summed E-state index contributed by atoms with van der Waals surface area (Å²) in [6.45, 7) is 3.10. The van der Waals surface area contributed by atoms with E-state index in [9.17, 15) is 5.26 Å². The maximum atomic E-state index is 9.49. The highest BCUT2D eigenvalue weighted by Gasteiger charge is 2.24. The smallest absolute Gasteiger partial charge is 0.146 e. The van der Waals surface area contributed by atoms with E-state index in [4.69, 9.17) is 14.5 Å². The van der Waals surface area contributed by atoms with Crippen molar-refractivity contribution in [2.45, 2.75) is 44.6 Å². The van der Waals surface area contributed by atoms with Gasteiger partial charge in [-0.15, -0.1) is 0 Å². The SMILES string of the molecule is COCCOC1CCN(c2nc3c(cc2C#N)CCCC3)CC1. The topological polar surface area (TPSA) is 58.4 Å². The van der Waals surface area contributed by atoms with E-state index in [1.807, 2.05) is 0 Å². The Morgan fingerprint density at radius 1 is 1.26 bits per heavy atom. The molecule has 1 aromatic rings. The summed E-state index contributed by atoms with van der Waals surface area (Å²) < 4.78 is 10.8. The van der Waals surface area contributed by atoms with Crippen molar-refractivity contribution >= 4 is 5.82 Å².